The van der Waals surface area contributed by atoms with Crippen molar-refractivity contribution in [1.82, 2.24) is 10.2 Å². The molecule has 0 fully saturated rings. The number of nitrogens with one attached hydrogen (secondary N) is 1. The summed E-state index contributed by atoms with van der Waals surface area (Å²) in [7, 11) is 0. The van der Waals surface area contributed by atoms with Gasteiger partial charge in [0.2, 0.25) is 11.8 Å². The molecule has 2 amide bonds. The predicted molar refractivity (Wildman–Crippen MR) is 137 cm³/mol. The molecule has 0 unspecified atom stereocenters. The molecule has 172 valence electrons. The quantitative estimate of drug-likeness (QED) is 0.396. The van der Waals surface area contributed by atoms with Crippen LogP contribution >= 0.6 is 15.9 Å². The number of benzene rings is 3. The molecule has 0 aliphatic rings. The van der Waals surface area contributed by atoms with Crippen LogP contribution < -0.4 is 5.32 Å². The van der Waals surface area contributed by atoms with Crippen LogP contribution in [0, 0.1) is 6.92 Å². The molecule has 0 aliphatic carbocycles. The van der Waals surface area contributed by atoms with E-state index >= 15 is 0 Å². The number of hydrogen-bond donors (Lipinski definition) is 1. The van der Waals surface area contributed by atoms with Crippen molar-refractivity contribution < 1.29 is 9.59 Å². The van der Waals surface area contributed by atoms with Gasteiger partial charge < -0.3 is 10.2 Å². The maximum absolute atomic E-state index is 13.7. The van der Waals surface area contributed by atoms with E-state index in [0.717, 1.165) is 33.1 Å². The Morgan fingerprint density at radius 1 is 0.909 bits per heavy atom. The van der Waals surface area contributed by atoms with Crippen molar-refractivity contribution in [1.29, 1.82) is 0 Å². The number of carbonyl (C=O) groups excluding carboxylic acids is 2. The van der Waals surface area contributed by atoms with Crippen molar-refractivity contribution in [3.8, 4) is 0 Å². The second-order valence-electron chi connectivity index (χ2n) is 8.31. The van der Waals surface area contributed by atoms with Crippen molar-refractivity contribution in [2.45, 2.75) is 45.7 Å². The van der Waals surface area contributed by atoms with E-state index < -0.39 is 6.04 Å². The molecule has 5 heteroatoms. The normalized spacial score (nSPS) is 11.6. The molecule has 4 nitrogen and oxygen atoms in total. The van der Waals surface area contributed by atoms with E-state index in [-0.39, 0.29) is 18.2 Å². The van der Waals surface area contributed by atoms with E-state index in [0.29, 0.717) is 19.5 Å². The first-order chi connectivity index (χ1) is 16.0. The van der Waals surface area contributed by atoms with Gasteiger partial charge in [-0.2, -0.15) is 0 Å². The Labute approximate surface area is 205 Å². The molecule has 0 bridgehead atoms. The zero-order chi connectivity index (χ0) is 23.6. The fraction of sp³-hybridized carbons (Fsp3) is 0.286. The number of amides is 2. The number of carbonyl (C=O) groups is 2. The Balaban J connectivity index is 1.95. The first-order valence-electron chi connectivity index (χ1n) is 11.4. The van der Waals surface area contributed by atoms with Gasteiger partial charge in [-0.25, -0.2) is 0 Å². The number of halogens is 1. The number of aryl methyl sites for hydroxylation is 1. The first kappa shape index (κ1) is 24.7. The van der Waals surface area contributed by atoms with Gasteiger partial charge in [0.15, 0.2) is 0 Å². The molecule has 0 saturated carbocycles. The Bertz CT molecular complexity index is 1070. The summed E-state index contributed by atoms with van der Waals surface area (Å²) >= 11 is 3.52. The standard InChI is InChI=1S/C28H31BrN2O2/c1-3-15-30-28(33)26(18-22-10-5-4-6-11-22)31(20-24-13-8-14-25(29)17-24)27(32)19-23-12-7-9-21(2)16-23/h4-14,16-17,26H,3,15,18-20H2,1-2H3,(H,30,33)/t26-/m1/s1. The zero-order valence-corrected chi connectivity index (χ0v) is 20.8. The van der Waals surface area contributed by atoms with Crippen LogP contribution in [0.2, 0.25) is 0 Å². The van der Waals surface area contributed by atoms with Gasteiger partial charge in [0.05, 0.1) is 6.42 Å². The van der Waals surface area contributed by atoms with E-state index in [1.165, 1.54) is 0 Å². The highest BCUT2D eigenvalue weighted by Crippen LogP contribution is 2.19. The largest absolute Gasteiger partial charge is 0.354 e. The molecule has 1 atom stereocenters. The van der Waals surface area contributed by atoms with Crippen LogP contribution in [-0.2, 0) is 29.0 Å². The van der Waals surface area contributed by atoms with E-state index in [2.05, 4.69) is 21.2 Å². The van der Waals surface area contributed by atoms with Crippen molar-refractivity contribution in [2.24, 2.45) is 0 Å². The lowest BCUT2D eigenvalue weighted by atomic mass is 10.0. The third kappa shape index (κ3) is 7.57. The Morgan fingerprint density at radius 2 is 1.61 bits per heavy atom. The third-order valence-electron chi connectivity index (χ3n) is 5.50. The minimum Gasteiger partial charge on any atom is -0.354 e. The summed E-state index contributed by atoms with van der Waals surface area (Å²) in [4.78, 5) is 28.7. The monoisotopic (exact) mass is 506 g/mol. The average molecular weight is 507 g/mol. The van der Waals surface area contributed by atoms with E-state index in [1.54, 1.807) is 4.90 Å². The van der Waals surface area contributed by atoms with Gasteiger partial charge >= 0.3 is 0 Å². The molecule has 0 heterocycles. The molecule has 0 spiro atoms. The summed E-state index contributed by atoms with van der Waals surface area (Å²) in [5.74, 6) is -0.179. The maximum atomic E-state index is 13.7. The van der Waals surface area contributed by atoms with Crippen LogP contribution in [0.1, 0.15) is 35.6 Å². The van der Waals surface area contributed by atoms with Gasteiger partial charge in [-0.3, -0.25) is 9.59 Å². The highest BCUT2D eigenvalue weighted by molar-refractivity contribution is 9.10. The van der Waals surface area contributed by atoms with Gasteiger partial charge in [0.25, 0.3) is 0 Å². The van der Waals surface area contributed by atoms with Crippen LogP contribution in [0.5, 0.6) is 0 Å². The van der Waals surface area contributed by atoms with Crippen LogP contribution in [0.15, 0.2) is 83.3 Å². The summed E-state index contributed by atoms with van der Waals surface area (Å²) in [5, 5.41) is 3.02. The summed E-state index contributed by atoms with van der Waals surface area (Å²) in [6, 6.07) is 25.1. The van der Waals surface area contributed by atoms with E-state index in [9.17, 15) is 9.59 Å². The third-order valence-corrected chi connectivity index (χ3v) is 5.99. The molecule has 3 rings (SSSR count). The predicted octanol–water partition coefficient (Wildman–Crippen LogP) is 5.47. The van der Waals surface area contributed by atoms with Gasteiger partial charge in [-0.15, -0.1) is 0 Å². The fourth-order valence-corrected chi connectivity index (χ4v) is 4.30. The minimum atomic E-state index is -0.602. The molecule has 3 aromatic rings. The first-order valence-corrected chi connectivity index (χ1v) is 12.2. The van der Waals surface area contributed by atoms with Crippen LogP contribution in [0.4, 0.5) is 0 Å². The maximum Gasteiger partial charge on any atom is 0.243 e. The van der Waals surface area contributed by atoms with Gasteiger partial charge in [-0.1, -0.05) is 95.1 Å². The highest BCUT2D eigenvalue weighted by Gasteiger charge is 2.30. The Hall–Kier alpha value is -2.92. The van der Waals surface area contributed by atoms with Gasteiger partial charge in [0.1, 0.15) is 6.04 Å². The van der Waals surface area contributed by atoms with Crippen LogP contribution in [0.25, 0.3) is 0 Å². The summed E-state index contributed by atoms with van der Waals surface area (Å²) < 4.78 is 0.945. The van der Waals surface area contributed by atoms with Gasteiger partial charge in [0, 0.05) is 24.0 Å². The SMILES string of the molecule is CCCNC(=O)[C@@H](Cc1ccccc1)N(Cc1cccc(Br)c1)C(=O)Cc1cccc(C)c1. The smallest absolute Gasteiger partial charge is 0.243 e. The van der Waals surface area contributed by atoms with E-state index in [1.807, 2.05) is 92.7 Å². The minimum absolute atomic E-state index is 0.0619. The molecule has 33 heavy (non-hydrogen) atoms. The topological polar surface area (TPSA) is 49.4 Å². The van der Waals surface area contributed by atoms with E-state index in [4.69, 9.17) is 0 Å². The molecule has 0 aliphatic heterocycles. The molecular weight excluding hydrogens is 476 g/mol. The molecule has 0 aromatic heterocycles. The molecule has 3 aromatic carbocycles. The lowest BCUT2D eigenvalue weighted by Crippen LogP contribution is -2.51. The Morgan fingerprint density at radius 3 is 2.30 bits per heavy atom. The molecule has 0 saturated heterocycles. The van der Waals surface area contributed by atoms with Crippen LogP contribution in [-0.4, -0.2) is 29.3 Å². The van der Waals surface area contributed by atoms with Crippen molar-refractivity contribution >= 4 is 27.7 Å². The highest BCUT2D eigenvalue weighted by atomic mass is 79.9. The van der Waals surface area contributed by atoms with Gasteiger partial charge in [-0.05, 0) is 42.2 Å². The lowest BCUT2D eigenvalue weighted by molar-refractivity contribution is -0.140. The second kappa shape index (κ2) is 12.4. The van der Waals surface area contributed by atoms with Crippen molar-refractivity contribution in [3.63, 3.8) is 0 Å². The van der Waals surface area contributed by atoms with Crippen LogP contribution in [0.3, 0.4) is 0 Å². The molecular formula is C28H31BrN2O2. The lowest BCUT2D eigenvalue weighted by Gasteiger charge is -2.32. The summed E-state index contributed by atoms with van der Waals surface area (Å²) in [6.07, 6.45) is 1.55. The Kier molecular flexibility index (Phi) is 9.25. The summed E-state index contributed by atoms with van der Waals surface area (Å²) in [5.41, 5.74) is 4.06. The zero-order valence-electron chi connectivity index (χ0n) is 19.3. The summed E-state index contributed by atoms with van der Waals surface area (Å²) in [6.45, 7) is 4.99. The van der Waals surface area contributed by atoms with Crippen molar-refractivity contribution in [2.75, 3.05) is 6.54 Å². The number of hydrogen-bond acceptors (Lipinski definition) is 2. The molecule has 1 N–H and O–H groups in total. The number of nitrogens with zero attached hydrogens (tertiary/aromatic N) is 1. The molecule has 0 radical (unpaired) electrons. The van der Waals surface area contributed by atoms with Crippen molar-refractivity contribution in [3.05, 3.63) is 106 Å². The fourth-order valence-electron chi connectivity index (χ4n) is 3.85. The average Bonchev–Trinajstić information content (AvgIpc) is 2.80. The second-order valence-corrected chi connectivity index (χ2v) is 9.23. The number of rotatable bonds is 10.